The molecule has 1 amide bonds. The molecule has 0 saturated heterocycles. The number of para-hydroxylation sites is 1. The summed E-state index contributed by atoms with van der Waals surface area (Å²) in [6.45, 7) is 0.381. The monoisotopic (exact) mass is 370 g/mol. The van der Waals surface area contributed by atoms with Crippen molar-refractivity contribution >= 4 is 43.4 Å². The molecular formula is C17H11BrN2OS. The van der Waals surface area contributed by atoms with Crippen molar-refractivity contribution in [3.05, 3.63) is 63.4 Å². The number of halogens is 1. The van der Waals surface area contributed by atoms with E-state index in [2.05, 4.69) is 26.8 Å². The number of terminal acetylenes is 1. The molecule has 0 bridgehead atoms. The second-order valence-electron chi connectivity index (χ2n) is 4.54. The van der Waals surface area contributed by atoms with Gasteiger partial charge in [0.05, 0.1) is 22.3 Å². The lowest BCUT2D eigenvalue weighted by Gasteiger charge is -2.00. The molecule has 3 rings (SSSR count). The van der Waals surface area contributed by atoms with Crippen molar-refractivity contribution < 1.29 is 4.79 Å². The third kappa shape index (κ3) is 2.76. The molecule has 0 atom stereocenters. The van der Waals surface area contributed by atoms with Crippen LogP contribution in [0.2, 0.25) is 0 Å². The minimum absolute atomic E-state index is 0.287. The number of amides is 1. The van der Waals surface area contributed by atoms with Crippen molar-refractivity contribution in [2.24, 2.45) is 4.99 Å². The Morgan fingerprint density at radius 1 is 1.23 bits per heavy atom. The third-order valence-corrected chi connectivity index (χ3v) is 4.89. The number of hydrogen-bond acceptors (Lipinski definition) is 2. The average molecular weight is 371 g/mol. The molecule has 0 aliphatic heterocycles. The number of nitrogens with zero attached hydrogens (tertiary/aromatic N) is 2. The van der Waals surface area contributed by atoms with Gasteiger partial charge in [0, 0.05) is 4.47 Å². The second-order valence-corrected chi connectivity index (χ2v) is 6.40. The zero-order valence-electron chi connectivity index (χ0n) is 11.5. The predicted molar refractivity (Wildman–Crippen MR) is 92.7 cm³/mol. The van der Waals surface area contributed by atoms with E-state index in [9.17, 15) is 4.79 Å². The van der Waals surface area contributed by atoms with Crippen LogP contribution in [0.3, 0.4) is 0 Å². The molecule has 0 fully saturated rings. The van der Waals surface area contributed by atoms with Gasteiger partial charge < -0.3 is 4.57 Å². The molecule has 0 saturated carbocycles. The number of rotatable bonds is 2. The Balaban J connectivity index is 2.17. The fourth-order valence-corrected chi connectivity index (χ4v) is 3.61. The molecule has 0 unspecified atom stereocenters. The molecule has 0 spiro atoms. The fraction of sp³-hybridized carbons (Fsp3) is 0.0588. The highest BCUT2D eigenvalue weighted by Crippen LogP contribution is 2.18. The lowest BCUT2D eigenvalue weighted by molar-refractivity contribution is 0.0997. The van der Waals surface area contributed by atoms with Crippen molar-refractivity contribution in [3.63, 3.8) is 0 Å². The zero-order valence-corrected chi connectivity index (χ0v) is 13.9. The van der Waals surface area contributed by atoms with Gasteiger partial charge in [-0.15, -0.1) is 6.42 Å². The van der Waals surface area contributed by atoms with Gasteiger partial charge in [-0.05, 0) is 40.2 Å². The first-order valence-electron chi connectivity index (χ1n) is 6.56. The summed E-state index contributed by atoms with van der Waals surface area (Å²) in [5, 5.41) is 0. The predicted octanol–water partition coefficient (Wildman–Crippen LogP) is 3.84. The molecular weight excluding hydrogens is 360 g/mol. The highest BCUT2D eigenvalue weighted by molar-refractivity contribution is 9.10. The third-order valence-electron chi connectivity index (χ3n) is 3.14. The first-order chi connectivity index (χ1) is 10.7. The van der Waals surface area contributed by atoms with E-state index in [0.29, 0.717) is 16.9 Å². The molecule has 5 heteroatoms. The maximum absolute atomic E-state index is 12.4. The van der Waals surface area contributed by atoms with Gasteiger partial charge in [0.2, 0.25) is 0 Å². The molecule has 22 heavy (non-hydrogen) atoms. The number of hydrogen-bond donors (Lipinski definition) is 0. The molecule has 3 nitrogen and oxygen atoms in total. The van der Waals surface area contributed by atoms with Gasteiger partial charge >= 0.3 is 0 Å². The van der Waals surface area contributed by atoms with Crippen LogP contribution in [0, 0.1) is 12.3 Å². The highest BCUT2D eigenvalue weighted by Gasteiger charge is 2.10. The summed E-state index contributed by atoms with van der Waals surface area (Å²) < 4.78 is 3.67. The van der Waals surface area contributed by atoms with Crippen LogP contribution < -0.4 is 4.80 Å². The van der Waals surface area contributed by atoms with Gasteiger partial charge in [-0.2, -0.15) is 4.99 Å². The summed E-state index contributed by atoms with van der Waals surface area (Å²) >= 11 is 4.83. The summed E-state index contributed by atoms with van der Waals surface area (Å²) in [7, 11) is 0. The van der Waals surface area contributed by atoms with E-state index in [-0.39, 0.29) is 5.91 Å². The Kier molecular flexibility index (Phi) is 4.23. The summed E-state index contributed by atoms with van der Waals surface area (Å²) in [4.78, 5) is 17.3. The average Bonchev–Trinajstić information content (AvgIpc) is 2.86. The summed E-state index contributed by atoms with van der Waals surface area (Å²) in [5.74, 6) is 2.33. The van der Waals surface area contributed by atoms with Crippen LogP contribution in [0.25, 0.3) is 10.2 Å². The quantitative estimate of drug-likeness (QED) is 0.631. The van der Waals surface area contributed by atoms with Gasteiger partial charge in [-0.1, -0.05) is 41.5 Å². The van der Waals surface area contributed by atoms with Gasteiger partial charge in [0.1, 0.15) is 0 Å². The van der Waals surface area contributed by atoms with Crippen molar-refractivity contribution in [1.82, 2.24) is 4.57 Å². The maximum atomic E-state index is 12.4. The van der Waals surface area contributed by atoms with Crippen molar-refractivity contribution in [2.45, 2.75) is 6.54 Å². The van der Waals surface area contributed by atoms with Crippen LogP contribution in [-0.4, -0.2) is 10.5 Å². The smallest absolute Gasteiger partial charge is 0.280 e. The number of carbonyl (C=O) groups is 1. The van der Waals surface area contributed by atoms with E-state index >= 15 is 0 Å². The summed E-state index contributed by atoms with van der Waals surface area (Å²) in [6.07, 6.45) is 5.45. The molecule has 1 heterocycles. The van der Waals surface area contributed by atoms with E-state index in [0.717, 1.165) is 14.7 Å². The minimum atomic E-state index is -0.287. The topological polar surface area (TPSA) is 34.4 Å². The molecule has 0 aliphatic carbocycles. The summed E-state index contributed by atoms with van der Waals surface area (Å²) in [5.41, 5.74) is 1.52. The van der Waals surface area contributed by atoms with E-state index in [1.54, 1.807) is 6.07 Å². The molecule has 0 N–H and O–H groups in total. The normalized spacial score (nSPS) is 11.5. The first kappa shape index (κ1) is 14.8. The van der Waals surface area contributed by atoms with Crippen LogP contribution in [0.1, 0.15) is 10.4 Å². The lowest BCUT2D eigenvalue weighted by atomic mass is 10.2. The van der Waals surface area contributed by atoms with Gasteiger partial charge in [0.25, 0.3) is 5.91 Å². The van der Waals surface area contributed by atoms with Gasteiger partial charge in [0.15, 0.2) is 4.80 Å². The van der Waals surface area contributed by atoms with Crippen molar-refractivity contribution in [3.8, 4) is 12.3 Å². The van der Waals surface area contributed by atoms with Crippen LogP contribution in [-0.2, 0) is 6.54 Å². The van der Waals surface area contributed by atoms with Crippen LogP contribution >= 0.6 is 27.3 Å². The number of benzene rings is 2. The van der Waals surface area contributed by atoms with E-state index in [1.807, 2.05) is 47.0 Å². The van der Waals surface area contributed by atoms with E-state index < -0.39 is 0 Å². The van der Waals surface area contributed by atoms with Crippen molar-refractivity contribution in [2.75, 3.05) is 0 Å². The molecule has 1 aromatic heterocycles. The first-order valence-corrected chi connectivity index (χ1v) is 8.17. The molecule has 2 aromatic carbocycles. The number of fused-ring (bicyclic) bond motifs is 1. The SMILES string of the molecule is C#CCn1c(=NC(=O)c2ccccc2Br)sc2ccccc21. The number of aromatic nitrogens is 1. The Morgan fingerprint density at radius 3 is 2.73 bits per heavy atom. The zero-order chi connectivity index (χ0) is 15.5. The van der Waals surface area contributed by atoms with Crippen LogP contribution in [0.5, 0.6) is 0 Å². The standard InChI is InChI=1S/C17H11BrN2OS/c1-2-11-20-14-9-5-6-10-15(14)22-17(20)19-16(21)12-7-3-4-8-13(12)18/h1,3-10H,11H2. The van der Waals surface area contributed by atoms with E-state index in [1.165, 1.54) is 11.3 Å². The van der Waals surface area contributed by atoms with Crippen molar-refractivity contribution in [1.29, 1.82) is 0 Å². The van der Waals surface area contributed by atoms with Gasteiger partial charge in [-0.3, -0.25) is 4.79 Å². The Labute approximate surface area is 140 Å². The lowest BCUT2D eigenvalue weighted by Crippen LogP contribution is -2.16. The van der Waals surface area contributed by atoms with Crippen LogP contribution in [0.4, 0.5) is 0 Å². The van der Waals surface area contributed by atoms with Gasteiger partial charge in [-0.25, -0.2) is 0 Å². The Bertz CT molecular complexity index is 962. The Hall–Kier alpha value is -2.16. The minimum Gasteiger partial charge on any atom is -0.305 e. The molecule has 0 radical (unpaired) electrons. The highest BCUT2D eigenvalue weighted by atomic mass is 79.9. The number of thiazole rings is 1. The second kappa shape index (κ2) is 6.30. The van der Waals surface area contributed by atoms with E-state index in [4.69, 9.17) is 6.42 Å². The maximum Gasteiger partial charge on any atom is 0.280 e. The Morgan fingerprint density at radius 2 is 1.95 bits per heavy atom. The fourth-order valence-electron chi connectivity index (χ4n) is 2.13. The molecule has 108 valence electrons. The number of carbonyl (C=O) groups excluding carboxylic acids is 1. The molecule has 0 aliphatic rings. The molecule has 3 aromatic rings. The van der Waals surface area contributed by atoms with Crippen LogP contribution in [0.15, 0.2) is 58.0 Å². The largest absolute Gasteiger partial charge is 0.305 e. The summed E-state index contributed by atoms with van der Waals surface area (Å²) in [6, 6.07) is 15.1.